The van der Waals surface area contributed by atoms with Gasteiger partial charge in [0.05, 0.1) is 12.5 Å². The van der Waals surface area contributed by atoms with Crippen LogP contribution in [0.2, 0.25) is 0 Å². The van der Waals surface area contributed by atoms with Crippen LogP contribution in [0.15, 0.2) is 11.6 Å². The van der Waals surface area contributed by atoms with E-state index < -0.39 is 5.41 Å². The van der Waals surface area contributed by atoms with Crippen molar-refractivity contribution in [3.63, 3.8) is 0 Å². The maximum atomic E-state index is 13.4. The molecule has 3 aliphatic carbocycles. The molecule has 3 aliphatic rings. The third kappa shape index (κ3) is 3.83. The van der Waals surface area contributed by atoms with E-state index in [0.717, 1.165) is 37.7 Å². The Morgan fingerprint density at radius 2 is 2.00 bits per heavy atom. The summed E-state index contributed by atoms with van der Waals surface area (Å²) >= 11 is 0. The van der Waals surface area contributed by atoms with Gasteiger partial charge in [-0.25, -0.2) is 4.79 Å². The van der Waals surface area contributed by atoms with Crippen LogP contribution in [0.25, 0.3) is 0 Å². The number of Topliss-reactive ketones (excluding diaryl/α,β-unsaturated/α-hetero) is 1. The lowest BCUT2D eigenvalue weighted by atomic mass is 9.43. The quantitative estimate of drug-likeness (QED) is 0.418. The van der Waals surface area contributed by atoms with Crippen molar-refractivity contribution in [2.45, 2.75) is 59.3 Å². The lowest BCUT2D eigenvalue weighted by Crippen LogP contribution is -2.59. The number of carbonyl (C=O) groups is 3. The van der Waals surface area contributed by atoms with E-state index >= 15 is 0 Å². The van der Waals surface area contributed by atoms with Crippen LogP contribution in [-0.2, 0) is 23.9 Å². The molecule has 0 aromatic carbocycles. The molecule has 0 unspecified atom stereocenters. The van der Waals surface area contributed by atoms with E-state index in [0.29, 0.717) is 19.6 Å². The second-order valence-electron chi connectivity index (χ2n) is 9.94. The molecule has 0 bridgehead atoms. The third-order valence-corrected chi connectivity index (χ3v) is 8.45. The third-order valence-electron chi connectivity index (χ3n) is 8.45. The first kappa shape index (κ1) is 23.0. The summed E-state index contributed by atoms with van der Waals surface area (Å²) in [6.07, 6.45) is 6.50. The smallest absolute Gasteiger partial charge is 0.330 e. The van der Waals surface area contributed by atoms with Crippen molar-refractivity contribution in [2.24, 2.45) is 34.5 Å². The number of esters is 2. The average molecular weight is 420 g/mol. The summed E-state index contributed by atoms with van der Waals surface area (Å²) in [4.78, 5) is 38.3. The summed E-state index contributed by atoms with van der Waals surface area (Å²) in [6, 6.07) is 0. The average Bonchev–Trinajstić information content (AvgIpc) is 2.71. The van der Waals surface area contributed by atoms with Gasteiger partial charge < -0.3 is 14.8 Å². The van der Waals surface area contributed by atoms with Crippen molar-refractivity contribution < 1.29 is 23.9 Å². The summed E-state index contributed by atoms with van der Waals surface area (Å²) in [5.74, 6) is -0.0772. The van der Waals surface area contributed by atoms with E-state index in [9.17, 15) is 14.4 Å². The first-order chi connectivity index (χ1) is 14.2. The minimum atomic E-state index is -0.598. The van der Waals surface area contributed by atoms with Crippen LogP contribution in [0.5, 0.6) is 0 Å². The zero-order chi connectivity index (χ0) is 22.1. The monoisotopic (exact) mass is 419 g/mol. The number of fused-ring (bicyclic) bond motifs is 3. The normalized spacial score (nSPS) is 39.8. The van der Waals surface area contributed by atoms with E-state index in [-0.39, 0.29) is 46.8 Å². The Bertz CT molecular complexity index is 731. The van der Waals surface area contributed by atoms with Gasteiger partial charge in [0.15, 0.2) is 0 Å². The first-order valence-corrected chi connectivity index (χ1v) is 11.3. The highest BCUT2D eigenvalue weighted by molar-refractivity contribution is 5.87. The molecule has 3 saturated carbocycles. The number of allylic oxidation sites excluding steroid dienone is 1. The van der Waals surface area contributed by atoms with Crippen LogP contribution in [0.1, 0.15) is 59.3 Å². The number of hydrogen-bond donors (Lipinski definition) is 1. The zero-order valence-corrected chi connectivity index (χ0v) is 19.1. The number of ether oxygens (including phenoxy) is 2. The van der Waals surface area contributed by atoms with E-state index in [1.165, 1.54) is 7.11 Å². The highest BCUT2D eigenvalue weighted by Gasteiger charge is 2.62. The molecule has 6 heteroatoms. The Labute approximate surface area is 180 Å². The van der Waals surface area contributed by atoms with Gasteiger partial charge in [0.25, 0.3) is 0 Å². The molecule has 30 heavy (non-hydrogen) atoms. The van der Waals surface area contributed by atoms with Gasteiger partial charge in [-0.15, -0.1) is 0 Å². The van der Waals surface area contributed by atoms with E-state index in [4.69, 9.17) is 9.47 Å². The van der Waals surface area contributed by atoms with Crippen molar-refractivity contribution >= 4 is 17.7 Å². The summed E-state index contributed by atoms with van der Waals surface area (Å²) in [5.41, 5.74) is 0.360. The van der Waals surface area contributed by atoms with Crippen LogP contribution in [0, 0.1) is 34.5 Å². The summed E-state index contributed by atoms with van der Waals surface area (Å²) in [7, 11) is 3.26. The summed E-state index contributed by atoms with van der Waals surface area (Å²) in [5, 5.41) is 2.95. The fraction of sp³-hybridized carbons (Fsp3) is 0.792. The van der Waals surface area contributed by atoms with Gasteiger partial charge in [0.2, 0.25) is 0 Å². The van der Waals surface area contributed by atoms with Crippen molar-refractivity contribution in [1.29, 1.82) is 0 Å². The Hall–Kier alpha value is -1.69. The molecule has 0 spiro atoms. The molecule has 0 aliphatic heterocycles. The largest absolute Gasteiger partial charge is 0.469 e. The van der Waals surface area contributed by atoms with Crippen LogP contribution in [0.3, 0.4) is 0 Å². The molecule has 6 nitrogen and oxygen atoms in total. The maximum Gasteiger partial charge on any atom is 0.330 e. The van der Waals surface area contributed by atoms with Gasteiger partial charge in [-0.05, 0) is 62.8 Å². The maximum absolute atomic E-state index is 13.4. The standard InChI is InChI=1S/C24H37NO5/c1-15-16(13-20(27)30-12-11-25-4)7-8-17-21(15)18(26)14-19-23(17,2)9-6-10-24(19,3)22(28)29-5/h13,15,17,19,21,25H,6-12,14H2,1-5H3/t15-,17-,19+,21+,23-,24-/m0/s1. The second-order valence-corrected chi connectivity index (χ2v) is 9.94. The van der Waals surface area contributed by atoms with Gasteiger partial charge in [0.1, 0.15) is 12.4 Å². The second kappa shape index (κ2) is 8.81. The highest BCUT2D eigenvalue weighted by atomic mass is 16.5. The molecule has 6 atom stereocenters. The van der Waals surface area contributed by atoms with Crippen LogP contribution in [0.4, 0.5) is 0 Å². The van der Waals surface area contributed by atoms with E-state index in [2.05, 4.69) is 19.2 Å². The molecule has 0 heterocycles. The topological polar surface area (TPSA) is 81.7 Å². The molecule has 0 radical (unpaired) electrons. The number of rotatable bonds is 5. The fourth-order valence-corrected chi connectivity index (χ4v) is 6.83. The Morgan fingerprint density at radius 3 is 2.67 bits per heavy atom. The fourth-order valence-electron chi connectivity index (χ4n) is 6.83. The highest BCUT2D eigenvalue weighted by Crippen LogP contribution is 2.64. The van der Waals surface area contributed by atoms with Crippen LogP contribution >= 0.6 is 0 Å². The van der Waals surface area contributed by atoms with Gasteiger partial charge in [-0.2, -0.15) is 0 Å². The Balaban J connectivity index is 1.84. The zero-order valence-electron chi connectivity index (χ0n) is 19.1. The molecule has 3 rings (SSSR count). The van der Waals surface area contributed by atoms with Crippen molar-refractivity contribution in [3.8, 4) is 0 Å². The summed E-state index contributed by atoms with van der Waals surface area (Å²) in [6.45, 7) is 7.31. The molecule has 0 amide bonds. The Kier molecular flexibility index (Phi) is 6.75. The van der Waals surface area contributed by atoms with Gasteiger partial charge in [0, 0.05) is 25.0 Å². The van der Waals surface area contributed by atoms with E-state index in [1.807, 2.05) is 14.0 Å². The van der Waals surface area contributed by atoms with Gasteiger partial charge in [-0.3, -0.25) is 9.59 Å². The SMILES string of the molecule is CNCCOC(=O)C=C1CC[C@H]2[C@H](C(=O)C[C@@H]3[C@@]2(C)CCC[C@]3(C)C(=O)OC)[C@H]1C. The number of nitrogens with one attached hydrogen (secondary N) is 1. The molecule has 1 N–H and O–H groups in total. The van der Waals surface area contributed by atoms with Crippen molar-refractivity contribution in [1.82, 2.24) is 5.32 Å². The van der Waals surface area contributed by atoms with Crippen LogP contribution < -0.4 is 5.32 Å². The number of hydrogen-bond acceptors (Lipinski definition) is 6. The first-order valence-electron chi connectivity index (χ1n) is 11.3. The van der Waals surface area contributed by atoms with Crippen molar-refractivity contribution in [3.05, 3.63) is 11.6 Å². The molecular weight excluding hydrogens is 382 g/mol. The minimum absolute atomic E-state index is 0.0178. The Morgan fingerprint density at radius 1 is 1.27 bits per heavy atom. The van der Waals surface area contributed by atoms with E-state index in [1.54, 1.807) is 6.08 Å². The molecule has 0 saturated heterocycles. The summed E-state index contributed by atoms with van der Waals surface area (Å²) < 4.78 is 10.4. The molecule has 3 fully saturated rings. The molecular formula is C24H37NO5. The number of likely N-dealkylation sites (N-methyl/N-ethyl adjacent to an activating group) is 1. The minimum Gasteiger partial charge on any atom is -0.469 e. The molecule has 0 aromatic rings. The van der Waals surface area contributed by atoms with Crippen LogP contribution in [-0.4, -0.2) is 45.0 Å². The lowest BCUT2D eigenvalue weighted by molar-refractivity contribution is -0.178. The number of ketones is 1. The van der Waals surface area contributed by atoms with Gasteiger partial charge >= 0.3 is 11.9 Å². The predicted molar refractivity (Wildman–Crippen MR) is 114 cm³/mol. The number of methoxy groups -OCH3 is 1. The lowest BCUT2D eigenvalue weighted by Gasteiger charge is -2.60. The molecule has 168 valence electrons. The number of carbonyl (C=O) groups excluding carboxylic acids is 3. The van der Waals surface area contributed by atoms with Gasteiger partial charge in [-0.1, -0.05) is 25.8 Å². The predicted octanol–water partition coefficient (Wildman–Crippen LogP) is 3.30. The molecule has 0 aromatic heterocycles. The van der Waals surface area contributed by atoms with Crippen molar-refractivity contribution in [2.75, 3.05) is 27.3 Å².